The zero-order valence-corrected chi connectivity index (χ0v) is 13.1. The second-order valence-corrected chi connectivity index (χ2v) is 7.58. The maximum atomic E-state index is 12.2. The molecule has 1 aliphatic rings. The minimum Gasteiger partial charge on any atom is -0.366 e. The molecule has 110 valence electrons. The molecule has 0 radical (unpaired) electrons. The first-order chi connectivity index (χ1) is 9.29. The SMILES string of the molecule is NC(=O)c1cc(Br)cc(S(=O)(=O)NCC(N)C2CC2)c1. The van der Waals surface area contributed by atoms with Crippen molar-refractivity contribution in [2.75, 3.05) is 6.54 Å². The zero-order valence-electron chi connectivity index (χ0n) is 10.7. The number of carbonyl (C=O) groups excluding carboxylic acids is 1. The molecule has 1 atom stereocenters. The molecule has 0 bridgehead atoms. The predicted octanol–water partition coefficient (Wildman–Crippen LogP) is 0.564. The molecule has 8 heteroatoms. The Hall–Kier alpha value is -0.960. The van der Waals surface area contributed by atoms with Crippen LogP contribution in [0.3, 0.4) is 0 Å². The zero-order chi connectivity index (χ0) is 14.9. The number of rotatable bonds is 6. The molecule has 0 aromatic heterocycles. The van der Waals surface area contributed by atoms with Gasteiger partial charge in [0.25, 0.3) is 0 Å². The summed E-state index contributed by atoms with van der Waals surface area (Å²) in [4.78, 5) is 11.2. The van der Waals surface area contributed by atoms with Gasteiger partial charge in [0.15, 0.2) is 0 Å². The second-order valence-electron chi connectivity index (χ2n) is 4.89. The normalized spacial score (nSPS) is 16.9. The van der Waals surface area contributed by atoms with Crippen LogP contribution in [-0.4, -0.2) is 26.9 Å². The molecule has 0 aliphatic heterocycles. The molecular weight excluding hydrogens is 346 g/mol. The van der Waals surface area contributed by atoms with Crippen molar-refractivity contribution < 1.29 is 13.2 Å². The van der Waals surface area contributed by atoms with Crippen LogP contribution in [0.1, 0.15) is 23.2 Å². The largest absolute Gasteiger partial charge is 0.366 e. The lowest BCUT2D eigenvalue weighted by atomic mass is 10.2. The minimum atomic E-state index is -3.71. The van der Waals surface area contributed by atoms with Gasteiger partial charge >= 0.3 is 0 Å². The number of amides is 1. The van der Waals surface area contributed by atoms with Crippen LogP contribution in [0.4, 0.5) is 0 Å². The van der Waals surface area contributed by atoms with E-state index in [0.29, 0.717) is 10.4 Å². The van der Waals surface area contributed by atoms with Gasteiger partial charge in [-0.2, -0.15) is 0 Å². The Morgan fingerprint density at radius 1 is 1.40 bits per heavy atom. The second kappa shape index (κ2) is 5.80. The summed E-state index contributed by atoms with van der Waals surface area (Å²) < 4.78 is 27.3. The number of halogens is 1. The highest BCUT2D eigenvalue weighted by molar-refractivity contribution is 9.10. The number of benzene rings is 1. The molecule has 1 unspecified atom stereocenters. The van der Waals surface area contributed by atoms with Crippen molar-refractivity contribution in [2.45, 2.75) is 23.8 Å². The van der Waals surface area contributed by atoms with Gasteiger partial charge < -0.3 is 11.5 Å². The molecule has 0 spiro atoms. The van der Waals surface area contributed by atoms with Crippen LogP contribution in [0.15, 0.2) is 27.6 Å². The van der Waals surface area contributed by atoms with E-state index < -0.39 is 15.9 Å². The van der Waals surface area contributed by atoms with Gasteiger partial charge in [0.05, 0.1) is 4.90 Å². The quantitative estimate of drug-likeness (QED) is 0.686. The van der Waals surface area contributed by atoms with Crippen LogP contribution < -0.4 is 16.2 Å². The summed E-state index contributed by atoms with van der Waals surface area (Å²) in [6, 6.07) is 3.96. The highest BCUT2D eigenvalue weighted by Crippen LogP contribution is 2.31. The lowest BCUT2D eigenvalue weighted by Gasteiger charge is -2.12. The third-order valence-electron chi connectivity index (χ3n) is 3.20. The fourth-order valence-electron chi connectivity index (χ4n) is 1.84. The average molecular weight is 362 g/mol. The fourth-order valence-corrected chi connectivity index (χ4v) is 3.63. The standard InChI is InChI=1S/C12H16BrN3O3S/c13-9-3-8(12(15)17)4-10(5-9)20(18,19)16-6-11(14)7-1-2-7/h3-5,7,11,16H,1-2,6,14H2,(H2,15,17). The van der Waals surface area contributed by atoms with E-state index in [9.17, 15) is 13.2 Å². The minimum absolute atomic E-state index is 0.0105. The summed E-state index contributed by atoms with van der Waals surface area (Å²) >= 11 is 3.16. The molecule has 0 saturated heterocycles. The number of primary amides is 1. The number of carbonyl (C=O) groups is 1. The number of nitrogens with one attached hydrogen (secondary N) is 1. The van der Waals surface area contributed by atoms with Gasteiger partial charge in [0.2, 0.25) is 15.9 Å². The predicted molar refractivity (Wildman–Crippen MR) is 78.5 cm³/mol. The Morgan fingerprint density at radius 2 is 2.05 bits per heavy atom. The summed E-state index contributed by atoms with van der Waals surface area (Å²) in [6.07, 6.45) is 2.09. The summed E-state index contributed by atoms with van der Waals surface area (Å²) in [5, 5.41) is 0. The maximum Gasteiger partial charge on any atom is 0.248 e. The van der Waals surface area contributed by atoms with Crippen molar-refractivity contribution in [2.24, 2.45) is 17.4 Å². The van der Waals surface area contributed by atoms with Crippen LogP contribution in [0, 0.1) is 5.92 Å². The molecule has 20 heavy (non-hydrogen) atoms. The van der Waals surface area contributed by atoms with E-state index in [1.54, 1.807) is 0 Å². The Morgan fingerprint density at radius 3 is 2.60 bits per heavy atom. The highest BCUT2D eigenvalue weighted by atomic mass is 79.9. The van der Waals surface area contributed by atoms with E-state index >= 15 is 0 Å². The van der Waals surface area contributed by atoms with Crippen molar-refractivity contribution in [3.63, 3.8) is 0 Å². The number of hydrogen-bond acceptors (Lipinski definition) is 4. The van der Waals surface area contributed by atoms with Crippen molar-refractivity contribution in [1.82, 2.24) is 4.72 Å². The number of hydrogen-bond donors (Lipinski definition) is 3. The third kappa shape index (κ3) is 3.78. The van der Waals surface area contributed by atoms with Gasteiger partial charge in [-0.1, -0.05) is 15.9 Å². The van der Waals surface area contributed by atoms with Crippen LogP contribution in [0.25, 0.3) is 0 Å². The molecule has 1 fully saturated rings. The Balaban J connectivity index is 2.17. The highest BCUT2D eigenvalue weighted by Gasteiger charge is 2.29. The molecule has 1 amide bonds. The Bertz CT molecular complexity index is 629. The van der Waals surface area contributed by atoms with E-state index in [4.69, 9.17) is 11.5 Å². The Labute approximate surface area is 126 Å². The van der Waals surface area contributed by atoms with E-state index in [1.165, 1.54) is 18.2 Å². The summed E-state index contributed by atoms with van der Waals surface area (Å²) in [6.45, 7) is 0.186. The third-order valence-corrected chi connectivity index (χ3v) is 5.06. The average Bonchev–Trinajstić information content (AvgIpc) is 3.19. The molecule has 1 aromatic rings. The lowest BCUT2D eigenvalue weighted by Crippen LogP contribution is -2.38. The smallest absolute Gasteiger partial charge is 0.248 e. The molecule has 0 heterocycles. The molecule has 1 aromatic carbocycles. The van der Waals surface area contributed by atoms with Gasteiger partial charge in [0, 0.05) is 22.6 Å². The van der Waals surface area contributed by atoms with E-state index in [2.05, 4.69) is 20.7 Å². The van der Waals surface area contributed by atoms with E-state index in [-0.39, 0.29) is 23.0 Å². The molecule has 6 nitrogen and oxygen atoms in total. The first-order valence-electron chi connectivity index (χ1n) is 6.15. The Kier molecular flexibility index (Phi) is 4.48. The molecular formula is C12H16BrN3O3S. The van der Waals surface area contributed by atoms with Crippen LogP contribution in [0.5, 0.6) is 0 Å². The summed E-state index contributed by atoms with van der Waals surface area (Å²) in [5.41, 5.74) is 11.2. The van der Waals surface area contributed by atoms with Gasteiger partial charge in [-0.15, -0.1) is 0 Å². The number of nitrogens with two attached hydrogens (primary N) is 2. The molecule has 1 aliphatic carbocycles. The van der Waals surface area contributed by atoms with E-state index in [0.717, 1.165) is 12.8 Å². The van der Waals surface area contributed by atoms with Crippen molar-refractivity contribution in [3.8, 4) is 0 Å². The first kappa shape index (κ1) is 15.4. The molecule has 2 rings (SSSR count). The van der Waals surface area contributed by atoms with Crippen LogP contribution in [0.2, 0.25) is 0 Å². The topological polar surface area (TPSA) is 115 Å². The van der Waals surface area contributed by atoms with Crippen molar-refractivity contribution in [3.05, 3.63) is 28.2 Å². The van der Waals surface area contributed by atoms with Crippen molar-refractivity contribution in [1.29, 1.82) is 0 Å². The first-order valence-corrected chi connectivity index (χ1v) is 8.43. The molecule has 5 N–H and O–H groups in total. The van der Waals surface area contributed by atoms with Gasteiger partial charge in [-0.05, 0) is 37.0 Å². The van der Waals surface area contributed by atoms with Gasteiger partial charge in [-0.25, -0.2) is 13.1 Å². The summed E-state index contributed by atoms with van der Waals surface area (Å²) in [5.74, 6) is -0.279. The number of sulfonamides is 1. The van der Waals surface area contributed by atoms with Crippen LogP contribution >= 0.6 is 15.9 Å². The maximum absolute atomic E-state index is 12.2. The van der Waals surface area contributed by atoms with Crippen LogP contribution in [-0.2, 0) is 10.0 Å². The summed E-state index contributed by atoms with van der Waals surface area (Å²) in [7, 11) is -3.71. The fraction of sp³-hybridized carbons (Fsp3) is 0.417. The van der Waals surface area contributed by atoms with Gasteiger partial charge in [-0.3, -0.25) is 4.79 Å². The monoisotopic (exact) mass is 361 g/mol. The van der Waals surface area contributed by atoms with Crippen molar-refractivity contribution >= 4 is 31.9 Å². The lowest BCUT2D eigenvalue weighted by molar-refractivity contribution is 0.1000. The molecule has 1 saturated carbocycles. The van der Waals surface area contributed by atoms with E-state index in [1.807, 2.05) is 0 Å². The van der Waals surface area contributed by atoms with Gasteiger partial charge in [0.1, 0.15) is 0 Å².